The van der Waals surface area contributed by atoms with Gasteiger partial charge in [0, 0.05) is 32.7 Å². The summed E-state index contributed by atoms with van der Waals surface area (Å²) in [6.07, 6.45) is 4.72. The maximum Gasteiger partial charge on any atom is 0.224 e. The van der Waals surface area contributed by atoms with Crippen molar-refractivity contribution >= 4 is 16.7 Å². The van der Waals surface area contributed by atoms with Gasteiger partial charge in [-0.1, -0.05) is 73.7 Å². The Morgan fingerprint density at radius 1 is 0.829 bits per heavy atom. The fourth-order valence-electron chi connectivity index (χ4n) is 5.87. The second-order valence-corrected chi connectivity index (χ2v) is 10.7. The number of piperidine rings is 2. The number of carbonyl (C=O) groups excluding carboxylic acids is 1. The fraction of sp³-hybridized carbons (Fsp3) is 0.452. The van der Waals surface area contributed by atoms with Crippen LogP contribution in [-0.2, 0) is 24.4 Å². The van der Waals surface area contributed by atoms with E-state index in [-0.39, 0.29) is 11.8 Å². The van der Waals surface area contributed by atoms with Gasteiger partial charge in [0.2, 0.25) is 5.91 Å². The number of hydrogen-bond donors (Lipinski definition) is 1. The van der Waals surface area contributed by atoms with Gasteiger partial charge >= 0.3 is 0 Å². The normalized spacial score (nSPS) is 21.7. The van der Waals surface area contributed by atoms with Crippen LogP contribution in [0.3, 0.4) is 0 Å². The van der Waals surface area contributed by atoms with Crippen LogP contribution in [0.2, 0.25) is 0 Å². The number of rotatable bonds is 7. The van der Waals surface area contributed by atoms with Crippen LogP contribution >= 0.6 is 0 Å². The van der Waals surface area contributed by atoms with Crippen molar-refractivity contribution < 1.29 is 4.79 Å². The Bertz CT molecular complexity index is 1120. The summed E-state index contributed by atoms with van der Waals surface area (Å²) in [6, 6.07) is 23.9. The largest absolute Gasteiger partial charge is 0.352 e. The lowest BCUT2D eigenvalue weighted by molar-refractivity contribution is -0.126. The maximum atomic E-state index is 13.0. The number of likely N-dealkylation sites (tertiary alicyclic amines) is 2. The maximum absolute atomic E-state index is 13.0. The lowest BCUT2D eigenvalue weighted by Crippen LogP contribution is -2.42. The topological polar surface area (TPSA) is 35.6 Å². The SMILES string of the molecule is CC1CCCN(Cc2ccc(CNC(=O)C3CCCN(Cc4cccc5ccccc45)C3)cc2)C1. The van der Waals surface area contributed by atoms with Crippen molar-refractivity contribution in [2.24, 2.45) is 11.8 Å². The summed E-state index contributed by atoms with van der Waals surface area (Å²) in [5, 5.41) is 5.82. The van der Waals surface area contributed by atoms with Crippen LogP contribution in [0.25, 0.3) is 10.8 Å². The highest BCUT2D eigenvalue weighted by atomic mass is 16.1. The van der Waals surface area contributed by atoms with Crippen molar-refractivity contribution in [1.82, 2.24) is 15.1 Å². The summed E-state index contributed by atoms with van der Waals surface area (Å²) in [7, 11) is 0. The van der Waals surface area contributed by atoms with Gasteiger partial charge in [-0.3, -0.25) is 14.6 Å². The Hall–Kier alpha value is -2.69. The van der Waals surface area contributed by atoms with Crippen LogP contribution in [0, 0.1) is 11.8 Å². The third-order valence-electron chi connectivity index (χ3n) is 7.79. The van der Waals surface area contributed by atoms with Gasteiger partial charge in [0.1, 0.15) is 0 Å². The Morgan fingerprint density at radius 3 is 2.37 bits per heavy atom. The smallest absolute Gasteiger partial charge is 0.224 e. The Morgan fingerprint density at radius 2 is 1.54 bits per heavy atom. The molecule has 0 spiro atoms. The van der Waals surface area contributed by atoms with Crippen LogP contribution in [0.1, 0.15) is 49.3 Å². The molecule has 2 aliphatic heterocycles. The van der Waals surface area contributed by atoms with E-state index >= 15 is 0 Å². The second-order valence-electron chi connectivity index (χ2n) is 10.7. The van der Waals surface area contributed by atoms with E-state index < -0.39 is 0 Å². The van der Waals surface area contributed by atoms with Gasteiger partial charge in [-0.15, -0.1) is 0 Å². The zero-order chi connectivity index (χ0) is 24.0. The highest BCUT2D eigenvalue weighted by Gasteiger charge is 2.26. The molecule has 2 aliphatic rings. The molecule has 0 aromatic heterocycles. The molecule has 0 saturated carbocycles. The van der Waals surface area contributed by atoms with Gasteiger partial charge in [-0.2, -0.15) is 0 Å². The Labute approximate surface area is 210 Å². The second kappa shape index (κ2) is 11.4. The lowest BCUT2D eigenvalue weighted by atomic mass is 9.96. The molecule has 2 fully saturated rings. The third kappa shape index (κ3) is 6.31. The van der Waals surface area contributed by atoms with Crippen molar-refractivity contribution in [2.45, 2.75) is 52.2 Å². The zero-order valence-electron chi connectivity index (χ0n) is 21.1. The van der Waals surface area contributed by atoms with Gasteiger partial charge in [0.25, 0.3) is 0 Å². The van der Waals surface area contributed by atoms with E-state index in [2.05, 4.69) is 88.8 Å². The number of amides is 1. The van der Waals surface area contributed by atoms with Crippen molar-refractivity contribution in [1.29, 1.82) is 0 Å². The van der Waals surface area contributed by atoms with Crippen LogP contribution in [-0.4, -0.2) is 41.9 Å². The molecule has 1 amide bonds. The quantitative estimate of drug-likeness (QED) is 0.489. The Kier molecular flexibility index (Phi) is 7.80. The lowest BCUT2D eigenvalue weighted by Gasteiger charge is -2.32. The standard InChI is InChI=1S/C31H39N3O/c1-24-7-5-17-33(20-24)21-26-15-13-25(14-16-26)19-32-31(35)29-11-6-18-34(23-29)22-28-10-4-9-27-8-2-3-12-30(27)28/h2-4,8-10,12-16,24,29H,5-7,11,17-23H2,1H3,(H,32,35). The van der Waals surface area contributed by atoms with Crippen molar-refractivity contribution in [3.8, 4) is 0 Å². The molecular weight excluding hydrogens is 430 g/mol. The number of hydrogen-bond acceptors (Lipinski definition) is 3. The van der Waals surface area contributed by atoms with Crippen LogP contribution in [0.5, 0.6) is 0 Å². The molecule has 3 aromatic rings. The number of fused-ring (bicyclic) bond motifs is 1. The first-order valence-corrected chi connectivity index (χ1v) is 13.4. The minimum atomic E-state index is 0.0686. The van der Waals surface area contributed by atoms with Crippen molar-refractivity contribution in [2.75, 3.05) is 26.2 Å². The summed E-state index contributed by atoms with van der Waals surface area (Å²) in [5.41, 5.74) is 3.89. The van der Waals surface area contributed by atoms with Gasteiger partial charge in [-0.05, 0) is 72.2 Å². The first kappa shape index (κ1) is 24.0. The van der Waals surface area contributed by atoms with Gasteiger partial charge in [0.05, 0.1) is 5.92 Å². The molecule has 2 saturated heterocycles. The molecule has 2 heterocycles. The number of benzene rings is 3. The van der Waals surface area contributed by atoms with Crippen LogP contribution in [0.15, 0.2) is 66.7 Å². The molecule has 35 heavy (non-hydrogen) atoms. The minimum Gasteiger partial charge on any atom is -0.352 e. The summed E-state index contributed by atoms with van der Waals surface area (Å²) in [6.45, 7) is 9.21. The Balaban J connectivity index is 1.11. The van der Waals surface area contributed by atoms with E-state index in [9.17, 15) is 4.79 Å². The van der Waals surface area contributed by atoms with E-state index in [0.29, 0.717) is 6.54 Å². The van der Waals surface area contributed by atoms with E-state index in [1.807, 2.05) is 0 Å². The third-order valence-corrected chi connectivity index (χ3v) is 7.79. The summed E-state index contributed by atoms with van der Waals surface area (Å²) in [4.78, 5) is 18.0. The van der Waals surface area contributed by atoms with E-state index in [0.717, 1.165) is 44.9 Å². The molecule has 184 valence electrons. The molecule has 3 aromatic carbocycles. The molecule has 1 N–H and O–H groups in total. The highest BCUT2D eigenvalue weighted by Crippen LogP contribution is 2.24. The molecule has 0 radical (unpaired) electrons. The average Bonchev–Trinajstić information content (AvgIpc) is 2.88. The predicted molar refractivity (Wildman–Crippen MR) is 144 cm³/mol. The van der Waals surface area contributed by atoms with Gasteiger partial charge in [-0.25, -0.2) is 0 Å². The van der Waals surface area contributed by atoms with Crippen molar-refractivity contribution in [3.63, 3.8) is 0 Å². The van der Waals surface area contributed by atoms with Crippen molar-refractivity contribution in [3.05, 3.63) is 83.4 Å². The van der Waals surface area contributed by atoms with E-state index in [1.165, 1.54) is 53.4 Å². The van der Waals surface area contributed by atoms with Gasteiger partial charge in [0.15, 0.2) is 0 Å². The molecule has 0 bridgehead atoms. The molecule has 4 nitrogen and oxygen atoms in total. The molecular formula is C31H39N3O. The summed E-state index contributed by atoms with van der Waals surface area (Å²) < 4.78 is 0. The molecule has 0 aliphatic carbocycles. The minimum absolute atomic E-state index is 0.0686. The molecule has 5 rings (SSSR count). The van der Waals surface area contributed by atoms with Crippen LogP contribution < -0.4 is 5.32 Å². The van der Waals surface area contributed by atoms with Crippen LogP contribution in [0.4, 0.5) is 0 Å². The molecule has 2 atom stereocenters. The first-order chi connectivity index (χ1) is 17.1. The van der Waals surface area contributed by atoms with E-state index in [1.54, 1.807) is 0 Å². The number of nitrogens with one attached hydrogen (secondary N) is 1. The van der Waals surface area contributed by atoms with Gasteiger partial charge < -0.3 is 5.32 Å². The predicted octanol–water partition coefficient (Wildman–Crippen LogP) is 5.60. The number of carbonyl (C=O) groups is 1. The molecule has 2 unspecified atom stereocenters. The molecule has 4 heteroatoms. The first-order valence-electron chi connectivity index (χ1n) is 13.4. The summed E-state index contributed by atoms with van der Waals surface area (Å²) >= 11 is 0. The van der Waals surface area contributed by atoms with E-state index in [4.69, 9.17) is 0 Å². The fourth-order valence-corrected chi connectivity index (χ4v) is 5.87. The average molecular weight is 470 g/mol. The highest BCUT2D eigenvalue weighted by molar-refractivity contribution is 5.85. The monoisotopic (exact) mass is 469 g/mol. The number of nitrogens with zero attached hydrogens (tertiary/aromatic N) is 2. The summed E-state index contributed by atoms with van der Waals surface area (Å²) in [5.74, 6) is 1.07. The zero-order valence-corrected chi connectivity index (χ0v) is 21.1.